The predicted octanol–water partition coefficient (Wildman–Crippen LogP) is 1.55. The summed E-state index contributed by atoms with van der Waals surface area (Å²) in [7, 11) is 1.68. The van der Waals surface area contributed by atoms with Gasteiger partial charge in [0.2, 0.25) is 0 Å². The molecule has 2 N–H and O–H groups in total. The summed E-state index contributed by atoms with van der Waals surface area (Å²) in [5.41, 5.74) is 1.18. The molecule has 0 aliphatic carbocycles. The van der Waals surface area contributed by atoms with Crippen LogP contribution in [0.5, 0.6) is 5.75 Å². The Labute approximate surface area is 95.9 Å². The molecule has 1 aliphatic rings. The third-order valence-corrected chi connectivity index (χ3v) is 3.05. The highest BCUT2D eigenvalue weighted by atomic mass is 16.6. The molecule has 1 aliphatic heterocycles. The van der Waals surface area contributed by atoms with E-state index in [1.807, 2.05) is 12.1 Å². The molecule has 0 saturated carbocycles. The van der Waals surface area contributed by atoms with Crippen LogP contribution in [-0.4, -0.2) is 26.3 Å². The third kappa shape index (κ3) is 2.28. The number of ether oxygens (including phenoxy) is 1. The van der Waals surface area contributed by atoms with E-state index < -0.39 is 0 Å². The number of hydrogen-bond acceptors (Lipinski definition) is 4. The molecule has 0 aromatic heterocycles. The lowest BCUT2D eigenvalue weighted by Crippen LogP contribution is -2.33. The smallest absolute Gasteiger partial charge is 0.120 e. The zero-order valence-corrected chi connectivity index (χ0v) is 9.56. The summed E-state index contributed by atoms with van der Waals surface area (Å²) in [5, 5.41) is 0. The van der Waals surface area contributed by atoms with Crippen molar-refractivity contribution in [1.82, 2.24) is 0 Å². The van der Waals surface area contributed by atoms with Crippen molar-refractivity contribution in [1.29, 1.82) is 0 Å². The Morgan fingerprint density at radius 1 is 1.50 bits per heavy atom. The molecule has 16 heavy (non-hydrogen) atoms. The summed E-state index contributed by atoms with van der Waals surface area (Å²) in [6.07, 6.45) is 2.32. The summed E-state index contributed by atoms with van der Waals surface area (Å²) >= 11 is 0. The molecule has 2 rings (SSSR count). The fourth-order valence-electron chi connectivity index (χ4n) is 2.25. The lowest BCUT2D eigenvalue weighted by atomic mass is 10.2. The summed E-state index contributed by atoms with van der Waals surface area (Å²) in [6.45, 7) is 1.64. The van der Waals surface area contributed by atoms with E-state index in [4.69, 9.17) is 15.5 Å². The van der Waals surface area contributed by atoms with Crippen LogP contribution in [0.1, 0.15) is 12.8 Å². The largest absolute Gasteiger partial charge is 0.497 e. The average Bonchev–Trinajstić information content (AvgIpc) is 2.78. The Balaban J connectivity index is 2.15. The SMILES string of the molecule is COc1cccc(N2CCCC2CON)c1. The van der Waals surface area contributed by atoms with Gasteiger partial charge in [-0.15, -0.1) is 0 Å². The van der Waals surface area contributed by atoms with E-state index in [-0.39, 0.29) is 0 Å². The molecule has 0 spiro atoms. The van der Waals surface area contributed by atoms with Crippen molar-refractivity contribution in [2.45, 2.75) is 18.9 Å². The van der Waals surface area contributed by atoms with Crippen LogP contribution in [0.2, 0.25) is 0 Å². The maximum atomic E-state index is 5.23. The number of nitrogens with zero attached hydrogens (tertiary/aromatic N) is 1. The summed E-state index contributed by atoms with van der Waals surface area (Å²) < 4.78 is 5.23. The van der Waals surface area contributed by atoms with Gasteiger partial charge in [-0.25, -0.2) is 5.90 Å². The molecular formula is C12H18N2O2. The van der Waals surface area contributed by atoms with Gasteiger partial charge in [-0.2, -0.15) is 0 Å². The van der Waals surface area contributed by atoms with Crippen LogP contribution in [0.25, 0.3) is 0 Å². The van der Waals surface area contributed by atoms with Crippen molar-refractivity contribution in [3.63, 3.8) is 0 Å². The Kier molecular flexibility index (Phi) is 3.64. The topological polar surface area (TPSA) is 47.7 Å². The second kappa shape index (κ2) is 5.18. The standard InChI is InChI=1S/C12H18N2O2/c1-15-12-6-2-4-10(8-12)14-7-3-5-11(14)9-16-13/h2,4,6,8,11H,3,5,7,9,13H2,1H3. The molecule has 1 unspecified atom stereocenters. The highest BCUT2D eigenvalue weighted by Gasteiger charge is 2.24. The fourth-order valence-corrected chi connectivity index (χ4v) is 2.25. The van der Waals surface area contributed by atoms with Crippen molar-refractivity contribution in [3.05, 3.63) is 24.3 Å². The van der Waals surface area contributed by atoms with Gasteiger partial charge in [-0.05, 0) is 25.0 Å². The minimum atomic E-state index is 0.386. The van der Waals surface area contributed by atoms with Gasteiger partial charge < -0.3 is 14.5 Å². The minimum absolute atomic E-state index is 0.386. The van der Waals surface area contributed by atoms with Crippen LogP contribution in [0, 0.1) is 0 Å². The van der Waals surface area contributed by atoms with E-state index in [0.717, 1.165) is 18.7 Å². The first kappa shape index (κ1) is 11.2. The van der Waals surface area contributed by atoms with Gasteiger partial charge in [-0.3, -0.25) is 0 Å². The molecule has 1 aromatic rings. The summed E-state index contributed by atoms with van der Waals surface area (Å²) in [6, 6.07) is 8.49. The second-order valence-electron chi connectivity index (χ2n) is 4.02. The lowest BCUT2D eigenvalue weighted by Gasteiger charge is -2.26. The summed E-state index contributed by atoms with van der Waals surface area (Å²) in [4.78, 5) is 7.09. The third-order valence-electron chi connectivity index (χ3n) is 3.05. The second-order valence-corrected chi connectivity index (χ2v) is 4.02. The maximum absolute atomic E-state index is 5.23. The number of hydrogen-bond donors (Lipinski definition) is 1. The summed E-state index contributed by atoms with van der Waals surface area (Å²) in [5.74, 6) is 6.04. The molecule has 1 atom stereocenters. The number of anilines is 1. The first-order valence-corrected chi connectivity index (χ1v) is 5.57. The Morgan fingerprint density at radius 2 is 2.38 bits per heavy atom. The van der Waals surface area contributed by atoms with E-state index >= 15 is 0 Å². The van der Waals surface area contributed by atoms with Crippen LogP contribution >= 0.6 is 0 Å². The number of benzene rings is 1. The maximum Gasteiger partial charge on any atom is 0.120 e. The zero-order chi connectivity index (χ0) is 11.4. The molecule has 88 valence electrons. The molecule has 0 amide bonds. The van der Waals surface area contributed by atoms with Crippen LogP contribution in [0.3, 0.4) is 0 Å². The van der Waals surface area contributed by atoms with Gasteiger partial charge in [0.25, 0.3) is 0 Å². The normalized spacial score (nSPS) is 20.1. The highest BCUT2D eigenvalue weighted by Crippen LogP contribution is 2.28. The van der Waals surface area contributed by atoms with Gasteiger partial charge in [0, 0.05) is 18.3 Å². The van der Waals surface area contributed by atoms with Gasteiger partial charge in [0.05, 0.1) is 19.8 Å². The monoisotopic (exact) mass is 222 g/mol. The minimum Gasteiger partial charge on any atom is -0.497 e. The molecule has 1 fully saturated rings. The van der Waals surface area contributed by atoms with Crippen LogP contribution in [0.4, 0.5) is 5.69 Å². The fraction of sp³-hybridized carbons (Fsp3) is 0.500. The van der Waals surface area contributed by atoms with Crippen LogP contribution in [0.15, 0.2) is 24.3 Å². The lowest BCUT2D eigenvalue weighted by molar-refractivity contribution is 0.124. The van der Waals surface area contributed by atoms with Crippen molar-refractivity contribution < 1.29 is 9.57 Å². The molecule has 1 saturated heterocycles. The van der Waals surface area contributed by atoms with Crippen LogP contribution < -0.4 is 15.5 Å². The predicted molar refractivity (Wildman–Crippen MR) is 63.5 cm³/mol. The Bertz CT molecular complexity index is 344. The molecular weight excluding hydrogens is 204 g/mol. The number of methoxy groups -OCH3 is 1. The molecule has 1 aromatic carbocycles. The van der Waals surface area contributed by atoms with E-state index in [9.17, 15) is 0 Å². The molecule has 1 heterocycles. The molecule has 0 radical (unpaired) electrons. The van der Waals surface area contributed by atoms with Gasteiger partial charge in [-0.1, -0.05) is 6.07 Å². The van der Waals surface area contributed by atoms with Crippen molar-refractivity contribution in [2.75, 3.05) is 25.2 Å². The van der Waals surface area contributed by atoms with Crippen molar-refractivity contribution in [2.24, 2.45) is 5.90 Å². The Hall–Kier alpha value is -1.26. The van der Waals surface area contributed by atoms with E-state index in [1.54, 1.807) is 7.11 Å². The van der Waals surface area contributed by atoms with Gasteiger partial charge >= 0.3 is 0 Å². The number of nitrogens with two attached hydrogens (primary N) is 1. The van der Waals surface area contributed by atoms with E-state index in [0.29, 0.717) is 12.6 Å². The van der Waals surface area contributed by atoms with Gasteiger partial charge in [0.15, 0.2) is 0 Å². The van der Waals surface area contributed by atoms with Crippen molar-refractivity contribution >= 4 is 5.69 Å². The highest BCUT2D eigenvalue weighted by molar-refractivity contribution is 5.52. The molecule has 4 heteroatoms. The average molecular weight is 222 g/mol. The van der Waals surface area contributed by atoms with E-state index in [1.165, 1.54) is 12.1 Å². The van der Waals surface area contributed by atoms with Crippen LogP contribution in [-0.2, 0) is 4.84 Å². The first-order chi connectivity index (χ1) is 7.85. The molecule has 0 bridgehead atoms. The number of rotatable bonds is 4. The quantitative estimate of drug-likeness (QED) is 0.785. The first-order valence-electron chi connectivity index (χ1n) is 5.57. The van der Waals surface area contributed by atoms with E-state index in [2.05, 4.69) is 17.0 Å². The van der Waals surface area contributed by atoms with Crippen molar-refractivity contribution in [3.8, 4) is 5.75 Å². The zero-order valence-electron chi connectivity index (χ0n) is 9.56. The Morgan fingerprint density at radius 3 is 3.12 bits per heavy atom. The van der Waals surface area contributed by atoms with Gasteiger partial charge in [0.1, 0.15) is 5.75 Å². The molecule has 4 nitrogen and oxygen atoms in total.